The van der Waals surface area contributed by atoms with Gasteiger partial charge in [-0.05, 0) is 32.5 Å². The topological polar surface area (TPSA) is 32.3 Å². The van der Waals surface area contributed by atoms with Crippen LogP contribution in [0.4, 0.5) is 0 Å². The fourth-order valence-electron chi connectivity index (χ4n) is 2.03. The number of piperidine rings is 1. The smallest absolute Gasteiger partial charge is 0.229 e. The molecule has 0 spiro atoms. The van der Waals surface area contributed by atoms with Gasteiger partial charge in [0.2, 0.25) is 5.91 Å². The van der Waals surface area contributed by atoms with Crippen LogP contribution in [-0.2, 0) is 4.79 Å². The number of carbonyl (C=O) groups is 1. The Kier molecular flexibility index (Phi) is 4.75. The molecule has 0 aromatic carbocycles. The van der Waals surface area contributed by atoms with Gasteiger partial charge in [0, 0.05) is 17.0 Å². The van der Waals surface area contributed by atoms with Crippen LogP contribution in [0.1, 0.15) is 40.5 Å². The number of nitrogens with one attached hydrogen (secondary N) is 1. The van der Waals surface area contributed by atoms with E-state index in [-0.39, 0.29) is 11.3 Å². The fourth-order valence-corrected chi connectivity index (χ4v) is 2.03. The summed E-state index contributed by atoms with van der Waals surface area (Å²) in [6, 6.07) is 0. The Hall–Kier alpha value is -0.830. The highest BCUT2D eigenvalue weighted by atomic mass is 16.2. The van der Waals surface area contributed by atoms with E-state index in [0.29, 0.717) is 5.92 Å². The summed E-state index contributed by atoms with van der Waals surface area (Å²) in [6.45, 7) is 15.4. The van der Waals surface area contributed by atoms with Crippen molar-refractivity contribution >= 4 is 5.91 Å². The van der Waals surface area contributed by atoms with E-state index in [2.05, 4.69) is 23.7 Å². The van der Waals surface area contributed by atoms with E-state index in [9.17, 15) is 4.79 Å². The molecule has 0 aromatic heterocycles. The Morgan fingerprint density at radius 3 is 2.29 bits per heavy atom. The summed E-state index contributed by atoms with van der Waals surface area (Å²) >= 11 is 0. The lowest BCUT2D eigenvalue weighted by Gasteiger charge is -2.32. The third-order valence-corrected chi connectivity index (χ3v) is 3.48. The van der Waals surface area contributed by atoms with Gasteiger partial charge in [-0.2, -0.15) is 0 Å². The Labute approximate surface area is 105 Å². The number of hydrogen-bond acceptors (Lipinski definition) is 2. The highest BCUT2D eigenvalue weighted by molar-refractivity contribution is 5.82. The van der Waals surface area contributed by atoms with E-state index in [0.717, 1.165) is 38.2 Å². The minimum Gasteiger partial charge on any atom is -0.330 e. The Morgan fingerprint density at radius 2 is 1.88 bits per heavy atom. The first-order chi connectivity index (χ1) is 7.84. The minimum atomic E-state index is -0.340. The van der Waals surface area contributed by atoms with Gasteiger partial charge in [0.05, 0.1) is 0 Å². The van der Waals surface area contributed by atoms with Crippen LogP contribution in [0, 0.1) is 11.3 Å². The molecule has 1 saturated heterocycles. The molecule has 1 aliphatic rings. The van der Waals surface area contributed by atoms with Crippen LogP contribution in [0.15, 0.2) is 12.3 Å². The number of nitrogens with zero attached hydrogens (tertiary/aromatic N) is 1. The zero-order chi connectivity index (χ0) is 13.1. The normalized spacial score (nSPS) is 19.1. The predicted octanol–water partition coefficient (Wildman–Crippen LogP) is 2.39. The number of carbonyl (C=O) groups excluding carboxylic acids is 1. The Bertz CT molecular complexity index is 283. The molecular weight excluding hydrogens is 212 g/mol. The van der Waals surface area contributed by atoms with Gasteiger partial charge in [-0.1, -0.05) is 34.3 Å². The molecule has 1 rings (SSSR count). The lowest BCUT2D eigenvalue weighted by atomic mass is 9.91. The van der Waals surface area contributed by atoms with Crippen LogP contribution < -0.4 is 5.32 Å². The predicted molar refractivity (Wildman–Crippen MR) is 71.6 cm³/mol. The summed E-state index contributed by atoms with van der Waals surface area (Å²) in [7, 11) is 0. The molecule has 0 unspecified atom stereocenters. The second-order valence-electron chi connectivity index (χ2n) is 5.94. The Morgan fingerprint density at radius 1 is 1.35 bits per heavy atom. The lowest BCUT2D eigenvalue weighted by molar-refractivity contribution is -0.127. The number of rotatable bonds is 3. The van der Waals surface area contributed by atoms with Crippen molar-refractivity contribution in [1.82, 2.24) is 10.2 Å². The van der Waals surface area contributed by atoms with E-state index in [1.54, 1.807) is 0 Å². The van der Waals surface area contributed by atoms with Gasteiger partial charge in [0.1, 0.15) is 0 Å². The van der Waals surface area contributed by atoms with Crippen molar-refractivity contribution in [3.63, 3.8) is 0 Å². The molecule has 0 bridgehead atoms. The molecule has 98 valence electrons. The summed E-state index contributed by atoms with van der Waals surface area (Å²) in [5.41, 5.74) is 0.563. The maximum Gasteiger partial charge on any atom is 0.229 e. The lowest BCUT2D eigenvalue weighted by Crippen LogP contribution is -2.40. The van der Waals surface area contributed by atoms with Crippen LogP contribution in [0.2, 0.25) is 0 Å². The van der Waals surface area contributed by atoms with Gasteiger partial charge in [-0.3, -0.25) is 4.79 Å². The summed E-state index contributed by atoms with van der Waals surface area (Å²) in [5, 5.41) is 2.97. The van der Waals surface area contributed by atoms with E-state index in [1.165, 1.54) is 0 Å². The molecule has 1 fully saturated rings. The van der Waals surface area contributed by atoms with E-state index >= 15 is 0 Å². The third-order valence-electron chi connectivity index (χ3n) is 3.48. The van der Waals surface area contributed by atoms with Crippen molar-refractivity contribution in [3.05, 3.63) is 12.3 Å². The zero-order valence-corrected chi connectivity index (χ0v) is 11.7. The monoisotopic (exact) mass is 238 g/mol. The molecule has 0 radical (unpaired) electrons. The molecule has 0 atom stereocenters. The number of allylic oxidation sites excluding steroid dienone is 1. The number of likely N-dealkylation sites (tertiary alicyclic amines) is 1. The highest BCUT2D eigenvalue weighted by Gasteiger charge is 2.25. The van der Waals surface area contributed by atoms with Crippen molar-refractivity contribution in [2.45, 2.75) is 40.5 Å². The standard InChI is InChI=1S/C14H26N2O/c1-6-16-9-7-12(8-10-16)11(2)15-13(17)14(3,4)5/h12H,2,6-10H2,1,3-5H3,(H,15,17). The van der Waals surface area contributed by atoms with Crippen LogP contribution in [0.3, 0.4) is 0 Å². The average Bonchev–Trinajstić information content (AvgIpc) is 2.27. The quantitative estimate of drug-likeness (QED) is 0.819. The van der Waals surface area contributed by atoms with Crippen molar-refractivity contribution < 1.29 is 4.79 Å². The number of hydrogen-bond donors (Lipinski definition) is 1. The van der Waals surface area contributed by atoms with Crippen LogP contribution in [0.5, 0.6) is 0 Å². The van der Waals surface area contributed by atoms with Gasteiger partial charge in [-0.25, -0.2) is 0 Å². The first-order valence-electron chi connectivity index (χ1n) is 6.57. The second-order valence-corrected chi connectivity index (χ2v) is 5.94. The molecular formula is C14H26N2O. The van der Waals surface area contributed by atoms with Crippen LogP contribution >= 0.6 is 0 Å². The van der Waals surface area contributed by atoms with E-state index in [4.69, 9.17) is 0 Å². The van der Waals surface area contributed by atoms with E-state index < -0.39 is 0 Å². The number of amides is 1. The molecule has 0 saturated carbocycles. The van der Waals surface area contributed by atoms with E-state index in [1.807, 2.05) is 20.8 Å². The molecule has 17 heavy (non-hydrogen) atoms. The minimum absolute atomic E-state index is 0.0698. The summed E-state index contributed by atoms with van der Waals surface area (Å²) in [4.78, 5) is 14.3. The van der Waals surface area contributed by atoms with Crippen molar-refractivity contribution in [3.8, 4) is 0 Å². The Balaban J connectivity index is 2.42. The second kappa shape index (κ2) is 5.67. The highest BCUT2D eigenvalue weighted by Crippen LogP contribution is 2.23. The van der Waals surface area contributed by atoms with Gasteiger partial charge in [0.25, 0.3) is 0 Å². The van der Waals surface area contributed by atoms with Crippen LogP contribution in [0.25, 0.3) is 0 Å². The first kappa shape index (κ1) is 14.2. The SMILES string of the molecule is C=C(NC(=O)C(C)(C)C)C1CCN(CC)CC1. The molecule has 1 heterocycles. The van der Waals surface area contributed by atoms with Gasteiger partial charge < -0.3 is 10.2 Å². The third kappa shape index (κ3) is 4.15. The van der Waals surface area contributed by atoms with Gasteiger partial charge >= 0.3 is 0 Å². The van der Waals surface area contributed by atoms with Crippen molar-refractivity contribution in [1.29, 1.82) is 0 Å². The average molecular weight is 238 g/mol. The van der Waals surface area contributed by atoms with Crippen LogP contribution in [-0.4, -0.2) is 30.4 Å². The van der Waals surface area contributed by atoms with Crippen molar-refractivity contribution in [2.75, 3.05) is 19.6 Å². The molecule has 0 aromatic rings. The summed E-state index contributed by atoms with van der Waals surface area (Å²) in [6.07, 6.45) is 2.22. The molecule has 1 aliphatic heterocycles. The van der Waals surface area contributed by atoms with Crippen molar-refractivity contribution in [2.24, 2.45) is 11.3 Å². The zero-order valence-electron chi connectivity index (χ0n) is 11.7. The first-order valence-corrected chi connectivity index (χ1v) is 6.57. The molecule has 0 aliphatic carbocycles. The fraction of sp³-hybridized carbons (Fsp3) is 0.786. The molecule has 3 heteroatoms. The molecule has 3 nitrogen and oxygen atoms in total. The largest absolute Gasteiger partial charge is 0.330 e. The van der Waals surface area contributed by atoms with Gasteiger partial charge in [-0.15, -0.1) is 0 Å². The summed E-state index contributed by atoms with van der Waals surface area (Å²) < 4.78 is 0. The maximum absolute atomic E-state index is 11.9. The molecule has 1 N–H and O–H groups in total. The molecule has 1 amide bonds. The van der Waals surface area contributed by atoms with Gasteiger partial charge in [0.15, 0.2) is 0 Å². The maximum atomic E-state index is 11.9. The summed E-state index contributed by atoms with van der Waals surface area (Å²) in [5.74, 6) is 0.518.